The molecule has 0 aliphatic carbocycles. The molecule has 0 rings (SSSR count). The van der Waals surface area contributed by atoms with Crippen LogP contribution in [0.15, 0.2) is 36.5 Å². The predicted octanol–water partition coefficient (Wildman–Crippen LogP) is 11.2. The number of rotatable bonds is 40. The highest BCUT2D eigenvalue weighted by atomic mass is 31.2. The molecular formula is C43H78NO10P. The molecule has 0 aromatic carbocycles. The zero-order valence-corrected chi connectivity index (χ0v) is 35.4. The standard InChI is InChI=1S/C43H78NO10P/c1-3-5-7-9-11-13-15-17-19-21-23-25-27-29-31-33-35-42(46)54-39(37-52-55(49,50)53-38-40(44)43(47)48)36-51-41(45)34-32-30-28-26-24-22-20-18-16-14-12-10-8-6-4-2/h6,8,12,14,18,20,39-40H,3-5,7,9-11,13,15-17,19,21-38,44H2,1-2H3,(H,47,48)(H,49,50)/b8-6+,14-12+,20-18+/t39-,40+/m1/s1. The third-order valence-corrected chi connectivity index (χ3v) is 10.1. The van der Waals surface area contributed by atoms with E-state index in [0.717, 1.165) is 70.6 Å². The second-order valence-electron chi connectivity index (χ2n) is 14.5. The van der Waals surface area contributed by atoms with Gasteiger partial charge < -0.3 is 25.2 Å². The Balaban J connectivity index is 4.38. The molecule has 55 heavy (non-hydrogen) atoms. The zero-order valence-electron chi connectivity index (χ0n) is 34.5. The topological polar surface area (TPSA) is 172 Å². The molecule has 0 aromatic rings. The molecule has 0 aliphatic rings. The Morgan fingerprint density at radius 3 is 1.53 bits per heavy atom. The summed E-state index contributed by atoms with van der Waals surface area (Å²) in [5, 5.41) is 8.88. The Labute approximate surface area is 333 Å². The molecule has 0 spiro atoms. The monoisotopic (exact) mass is 800 g/mol. The van der Waals surface area contributed by atoms with E-state index in [4.69, 9.17) is 24.8 Å². The number of phosphoric ester groups is 1. The molecule has 4 N–H and O–H groups in total. The average molecular weight is 800 g/mol. The van der Waals surface area contributed by atoms with Gasteiger partial charge in [0.15, 0.2) is 6.10 Å². The summed E-state index contributed by atoms with van der Waals surface area (Å²) in [5.74, 6) is -2.39. The molecule has 0 heterocycles. The first-order chi connectivity index (χ1) is 26.6. The maximum Gasteiger partial charge on any atom is 0.472 e. The fourth-order valence-corrected chi connectivity index (χ4v) is 6.56. The lowest BCUT2D eigenvalue weighted by Crippen LogP contribution is -2.34. The van der Waals surface area contributed by atoms with Crippen LogP contribution < -0.4 is 5.73 Å². The Bertz CT molecular complexity index is 1080. The summed E-state index contributed by atoms with van der Waals surface area (Å²) in [6.07, 6.45) is 40.6. The Morgan fingerprint density at radius 1 is 0.582 bits per heavy atom. The second kappa shape index (κ2) is 38.6. The molecule has 0 radical (unpaired) electrons. The van der Waals surface area contributed by atoms with Crippen molar-refractivity contribution in [3.8, 4) is 0 Å². The van der Waals surface area contributed by atoms with E-state index in [1.807, 2.05) is 0 Å². The van der Waals surface area contributed by atoms with Crippen LogP contribution in [-0.2, 0) is 37.5 Å². The minimum atomic E-state index is -4.72. The van der Waals surface area contributed by atoms with E-state index in [-0.39, 0.29) is 19.4 Å². The van der Waals surface area contributed by atoms with E-state index in [0.29, 0.717) is 12.8 Å². The van der Waals surface area contributed by atoms with E-state index in [9.17, 15) is 23.8 Å². The highest BCUT2D eigenvalue weighted by molar-refractivity contribution is 7.47. The first kappa shape index (κ1) is 52.7. The minimum Gasteiger partial charge on any atom is -0.480 e. The molecule has 1 unspecified atom stereocenters. The number of ether oxygens (including phenoxy) is 2. The molecule has 0 saturated carbocycles. The summed E-state index contributed by atoms with van der Waals surface area (Å²) < 4.78 is 32.7. The number of carboxylic acids is 1. The van der Waals surface area contributed by atoms with Crippen LogP contribution in [0.25, 0.3) is 0 Å². The fraction of sp³-hybridized carbons (Fsp3) is 0.791. The summed E-state index contributed by atoms with van der Waals surface area (Å²) in [4.78, 5) is 45.9. The second-order valence-corrected chi connectivity index (χ2v) is 15.9. The van der Waals surface area contributed by atoms with Crippen LogP contribution in [0.5, 0.6) is 0 Å². The van der Waals surface area contributed by atoms with Crippen molar-refractivity contribution in [3.63, 3.8) is 0 Å². The summed E-state index contributed by atoms with van der Waals surface area (Å²) >= 11 is 0. The summed E-state index contributed by atoms with van der Waals surface area (Å²) in [6, 6.07) is -1.52. The number of hydrogen-bond donors (Lipinski definition) is 3. The van der Waals surface area contributed by atoms with Crippen molar-refractivity contribution in [2.24, 2.45) is 5.73 Å². The summed E-state index contributed by atoms with van der Waals surface area (Å²) in [5.41, 5.74) is 5.33. The number of esters is 2. The molecule has 320 valence electrons. The largest absolute Gasteiger partial charge is 0.480 e. The number of allylic oxidation sites excluding steroid dienone is 6. The number of hydrogen-bond acceptors (Lipinski definition) is 9. The first-order valence-corrected chi connectivity index (χ1v) is 23.0. The van der Waals surface area contributed by atoms with E-state index in [1.165, 1.54) is 77.0 Å². The molecule has 12 heteroatoms. The Morgan fingerprint density at radius 2 is 1.02 bits per heavy atom. The van der Waals surface area contributed by atoms with Crippen LogP contribution in [0.4, 0.5) is 0 Å². The summed E-state index contributed by atoms with van der Waals surface area (Å²) in [7, 11) is -4.72. The van der Waals surface area contributed by atoms with Crippen LogP contribution in [0.2, 0.25) is 0 Å². The van der Waals surface area contributed by atoms with Gasteiger partial charge in [-0.15, -0.1) is 0 Å². The Hall–Kier alpha value is -2.30. The van der Waals surface area contributed by atoms with Crippen LogP contribution in [-0.4, -0.2) is 59.9 Å². The lowest BCUT2D eigenvalue weighted by molar-refractivity contribution is -0.161. The first-order valence-electron chi connectivity index (χ1n) is 21.5. The lowest BCUT2D eigenvalue weighted by Gasteiger charge is -2.20. The maximum atomic E-state index is 12.6. The van der Waals surface area contributed by atoms with Gasteiger partial charge in [-0.2, -0.15) is 0 Å². The Kier molecular flexibility index (Phi) is 37.0. The van der Waals surface area contributed by atoms with Gasteiger partial charge >= 0.3 is 25.7 Å². The molecule has 0 amide bonds. The number of carbonyl (C=O) groups excluding carboxylic acids is 2. The van der Waals surface area contributed by atoms with E-state index >= 15 is 0 Å². The molecule has 0 aliphatic heterocycles. The van der Waals surface area contributed by atoms with Crippen LogP contribution >= 0.6 is 7.82 Å². The number of carboxylic acid groups (broad SMARTS) is 1. The van der Waals surface area contributed by atoms with Gasteiger partial charge in [-0.3, -0.25) is 23.4 Å². The predicted molar refractivity (Wildman–Crippen MR) is 222 cm³/mol. The highest BCUT2D eigenvalue weighted by Gasteiger charge is 2.28. The zero-order chi connectivity index (χ0) is 40.7. The van der Waals surface area contributed by atoms with Crippen LogP contribution in [0.3, 0.4) is 0 Å². The number of unbranched alkanes of at least 4 members (excludes halogenated alkanes) is 20. The van der Waals surface area contributed by atoms with Gasteiger partial charge in [-0.05, 0) is 44.9 Å². The van der Waals surface area contributed by atoms with Crippen molar-refractivity contribution in [1.29, 1.82) is 0 Å². The lowest BCUT2D eigenvalue weighted by atomic mass is 10.0. The fourth-order valence-electron chi connectivity index (χ4n) is 5.79. The van der Waals surface area contributed by atoms with E-state index in [1.54, 1.807) is 0 Å². The SMILES string of the molecule is CC/C=C/C/C=C/C/C=C/CCCCCCCC(=O)OC[C@H](COP(=O)(O)OC[C@H](N)C(=O)O)OC(=O)CCCCCCCCCCCCCCCCCC. The van der Waals surface area contributed by atoms with Crippen molar-refractivity contribution in [2.45, 2.75) is 199 Å². The quantitative estimate of drug-likeness (QED) is 0.0233. The molecule has 11 nitrogen and oxygen atoms in total. The normalized spacial score (nSPS) is 14.1. The van der Waals surface area contributed by atoms with Crippen molar-refractivity contribution in [2.75, 3.05) is 19.8 Å². The number of aliphatic carboxylic acids is 1. The third-order valence-electron chi connectivity index (χ3n) is 9.15. The van der Waals surface area contributed by atoms with Crippen molar-refractivity contribution < 1.29 is 47.5 Å². The van der Waals surface area contributed by atoms with Gasteiger partial charge in [-0.1, -0.05) is 166 Å². The average Bonchev–Trinajstić information content (AvgIpc) is 3.16. The third kappa shape index (κ3) is 38.4. The van der Waals surface area contributed by atoms with Gasteiger partial charge in [0.1, 0.15) is 12.6 Å². The molecule has 0 bridgehead atoms. The number of carbonyl (C=O) groups is 3. The van der Waals surface area contributed by atoms with E-state index in [2.05, 4.69) is 54.8 Å². The minimum absolute atomic E-state index is 0.160. The van der Waals surface area contributed by atoms with Gasteiger partial charge in [-0.25, -0.2) is 4.57 Å². The number of nitrogens with two attached hydrogens (primary N) is 1. The van der Waals surface area contributed by atoms with Gasteiger partial charge in [0.25, 0.3) is 0 Å². The molecule has 0 fully saturated rings. The maximum absolute atomic E-state index is 12.6. The molecule has 3 atom stereocenters. The summed E-state index contributed by atoms with van der Waals surface area (Å²) in [6.45, 7) is 2.68. The van der Waals surface area contributed by atoms with Gasteiger partial charge in [0.05, 0.1) is 13.2 Å². The van der Waals surface area contributed by atoms with E-state index < -0.39 is 51.1 Å². The van der Waals surface area contributed by atoms with Crippen molar-refractivity contribution >= 4 is 25.7 Å². The molecule has 0 saturated heterocycles. The van der Waals surface area contributed by atoms with Crippen LogP contribution in [0.1, 0.15) is 187 Å². The highest BCUT2D eigenvalue weighted by Crippen LogP contribution is 2.43. The van der Waals surface area contributed by atoms with Gasteiger partial charge in [0.2, 0.25) is 0 Å². The molecular weight excluding hydrogens is 721 g/mol. The van der Waals surface area contributed by atoms with Crippen molar-refractivity contribution in [3.05, 3.63) is 36.5 Å². The van der Waals surface area contributed by atoms with Gasteiger partial charge in [0, 0.05) is 12.8 Å². The van der Waals surface area contributed by atoms with Crippen LogP contribution in [0, 0.1) is 0 Å². The van der Waals surface area contributed by atoms with Crippen molar-refractivity contribution in [1.82, 2.24) is 0 Å². The molecule has 0 aromatic heterocycles. The smallest absolute Gasteiger partial charge is 0.472 e. The number of phosphoric acid groups is 1.